The highest BCUT2D eigenvalue weighted by molar-refractivity contribution is 5.40. The maximum Gasteiger partial charge on any atom is 0.0994 e. The SMILES string of the molecule is CCCCCC(C)c1ccc(C)c(C#N)c1. The molecule has 0 saturated heterocycles. The molecule has 0 N–H and O–H groups in total. The maximum atomic E-state index is 8.99. The van der Waals surface area contributed by atoms with E-state index in [1.54, 1.807) is 0 Å². The van der Waals surface area contributed by atoms with Crippen molar-refractivity contribution in [2.24, 2.45) is 0 Å². The van der Waals surface area contributed by atoms with Gasteiger partial charge in [0.25, 0.3) is 0 Å². The highest BCUT2D eigenvalue weighted by atomic mass is 14.2. The van der Waals surface area contributed by atoms with Crippen LogP contribution in [0, 0.1) is 18.3 Å². The molecular weight excluding hydrogens is 194 g/mol. The van der Waals surface area contributed by atoms with Crippen molar-refractivity contribution in [3.63, 3.8) is 0 Å². The van der Waals surface area contributed by atoms with Crippen LogP contribution >= 0.6 is 0 Å². The van der Waals surface area contributed by atoms with Gasteiger partial charge in [0.05, 0.1) is 11.6 Å². The second kappa shape index (κ2) is 6.33. The predicted molar refractivity (Wildman–Crippen MR) is 68.5 cm³/mol. The van der Waals surface area contributed by atoms with Gasteiger partial charge in [-0.3, -0.25) is 0 Å². The molecule has 0 radical (unpaired) electrons. The highest BCUT2D eigenvalue weighted by Gasteiger charge is 2.07. The van der Waals surface area contributed by atoms with Crippen molar-refractivity contribution in [3.8, 4) is 6.07 Å². The molecule has 1 nitrogen and oxygen atoms in total. The zero-order valence-corrected chi connectivity index (χ0v) is 10.6. The van der Waals surface area contributed by atoms with Crippen molar-refractivity contribution in [3.05, 3.63) is 34.9 Å². The first-order valence-electron chi connectivity index (χ1n) is 6.19. The van der Waals surface area contributed by atoms with Crippen molar-refractivity contribution in [2.45, 2.75) is 52.4 Å². The molecule has 1 aromatic rings. The number of hydrogen-bond donors (Lipinski definition) is 0. The van der Waals surface area contributed by atoms with Gasteiger partial charge >= 0.3 is 0 Å². The summed E-state index contributed by atoms with van der Waals surface area (Å²) in [4.78, 5) is 0. The molecule has 0 bridgehead atoms. The lowest BCUT2D eigenvalue weighted by molar-refractivity contribution is 0.598. The summed E-state index contributed by atoms with van der Waals surface area (Å²) in [6.45, 7) is 6.47. The smallest absolute Gasteiger partial charge is 0.0994 e. The van der Waals surface area contributed by atoms with Crippen LogP contribution in [0.3, 0.4) is 0 Å². The second-order valence-corrected chi connectivity index (χ2v) is 4.58. The van der Waals surface area contributed by atoms with Crippen LogP contribution in [0.2, 0.25) is 0 Å². The molecule has 0 aromatic heterocycles. The van der Waals surface area contributed by atoms with Gasteiger partial charge in [0, 0.05) is 0 Å². The Hall–Kier alpha value is -1.29. The zero-order chi connectivity index (χ0) is 12.0. The fraction of sp³-hybridized carbons (Fsp3) is 0.533. The minimum Gasteiger partial charge on any atom is -0.192 e. The van der Waals surface area contributed by atoms with E-state index in [2.05, 4.69) is 32.0 Å². The molecule has 1 atom stereocenters. The van der Waals surface area contributed by atoms with E-state index in [1.165, 1.54) is 31.2 Å². The summed E-state index contributed by atoms with van der Waals surface area (Å²) in [5.41, 5.74) is 3.20. The number of benzene rings is 1. The van der Waals surface area contributed by atoms with Gasteiger partial charge in [-0.15, -0.1) is 0 Å². The first kappa shape index (κ1) is 12.8. The highest BCUT2D eigenvalue weighted by Crippen LogP contribution is 2.23. The Labute approximate surface area is 99.1 Å². The molecule has 0 aliphatic carbocycles. The van der Waals surface area contributed by atoms with Gasteiger partial charge in [-0.2, -0.15) is 5.26 Å². The van der Waals surface area contributed by atoms with Gasteiger partial charge in [-0.25, -0.2) is 0 Å². The minimum atomic E-state index is 0.569. The van der Waals surface area contributed by atoms with Gasteiger partial charge in [0.15, 0.2) is 0 Å². The molecule has 1 unspecified atom stereocenters. The molecule has 1 aromatic carbocycles. The fourth-order valence-corrected chi connectivity index (χ4v) is 1.93. The molecule has 0 aliphatic rings. The van der Waals surface area contributed by atoms with E-state index in [0.29, 0.717) is 5.92 Å². The number of unbranched alkanes of at least 4 members (excludes halogenated alkanes) is 2. The van der Waals surface area contributed by atoms with Crippen molar-refractivity contribution in [1.82, 2.24) is 0 Å². The topological polar surface area (TPSA) is 23.8 Å². The van der Waals surface area contributed by atoms with E-state index in [1.807, 2.05) is 13.0 Å². The predicted octanol–water partition coefficient (Wildman–Crippen LogP) is 4.55. The monoisotopic (exact) mass is 215 g/mol. The summed E-state index contributed by atoms with van der Waals surface area (Å²) in [5.74, 6) is 0.569. The molecule has 0 saturated carbocycles. The van der Waals surface area contributed by atoms with E-state index in [0.717, 1.165) is 11.1 Å². The molecule has 1 heteroatoms. The molecule has 86 valence electrons. The molecule has 0 aliphatic heterocycles. The van der Waals surface area contributed by atoms with Gasteiger partial charge < -0.3 is 0 Å². The molecule has 16 heavy (non-hydrogen) atoms. The van der Waals surface area contributed by atoms with Crippen molar-refractivity contribution < 1.29 is 0 Å². The van der Waals surface area contributed by atoms with Crippen molar-refractivity contribution >= 4 is 0 Å². The molecular formula is C15H21N. The third kappa shape index (κ3) is 3.38. The summed E-state index contributed by atoms with van der Waals surface area (Å²) in [6.07, 6.45) is 5.08. The fourth-order valence-electron chi connectivity index (χ4n) is 1.93. The summed E-state index contributed by atoms with van der Waals surface area (Å²) in [7, 11) is 0. The second-order valence-electron chi connectivity index (χ2n) is 4.58. The molecule has 0 spiro atoms. The zero-order valence-electron chi connectivity index (χ0n) is 10.6. The van der Waals surface area contributed by atoms with Crippen LogP contribution < -0.4 is 0 Å². The van der Waals surface area contributed by atoms with Gasteiger partial charge in [0.2, 0.25) is 0 Å². The summed E-state index contributed by atoms with van der Waals surface area (Å²) >= 11 is 0. The molecule has 1 rings (SSSR count). The Morgan fingerprint density at radius 1 is 1.31 bits per heavy atom. The first-order valence-corrected chi connectivity index (χ1v) is 6.19. The van der Waals surface area contributed by atoms with Crippen LogP contribution in [0.1, 0.15) is 62.1 Å². The Morgan fingerprint density at radius 2 is 2.06 bits per heavy atom. The lowest BCUT2D eigenvalue weighted by atomic mass is 9.92. The van der Waals surface area contributed by atoms with E-state index in [-0.39, 0.29) is 0 Å². The minimum absolute atomic E-state index is 0.569. The lowest BCUT2D eigenvalue weighted by Gasteiger charge is -2.12. The van der Waals surface area contributed by atoms with Gasteiger partial charge in [-0.05, 0) is 36.5 Å². The van der Waals surface area contributed by atoms with Gasteiger partial charge in [-0.1, -0.05) is 45.2 Å². The quantitative estimate of drug-likeness (QED) is 0.661. The Balaban J connectivity index is 2.69. The average molecular weight is 215 g/mol. The summed E-state index contributed by atoms with van der Waals surface area (Å²) < 4.78 is 0. The third-order valence-electron chi connectivity index (χ3n) is 3.19. The normalized spacial score (nSPS) is 12.1. The van der Waals surface area contributed by atoms with E-state index < -0.39 is 0 Å². The largest absolute Gasteiger partial charge is 0.192 e. The third-order valence-corrected chi connectivity index (χ3v) is 3.19. The Kier molecular flexibility index (Phi) is 5.05. The van der Waals surface area contributed by atoms with Crippen LogP contribution in [-0.2, 0) is 0 Å². The summed E-state index contributed by atoms with van der Waals surface area (Å²) in [6, 6.07) is 8.52. The molecule has 0 amide bonds. The summed E-state index contributed by atoms with van der Waals surface area (Å²) in [5, 5.41) is 8.99. The van der Waals surface area contributed by atoms with E-state index in [4.69, 9.17) is 5.26 Å². The van der Waals surface area contributed by atoms with E-state index in [9.17, 15) is 0 Å². The molecule has 0 heterocycles. The van der Waals surface area contributed by atoms with Crippen LogP contribution in [-0.4, -0.2) is 0 Å². The number of hydrogen-bond acceptors (Lipinski definition) is 1. The number of nitrogens with zero attached hydrogens (tertiary/aromatic N) is 1. The van der Waals surface area contributed by atoms with Crippen LogP contribution in [0.25, 0.3) is 0 Å². The van der Waals surface area contributed by atoms with Crippen LogP contribution in [0.15, 0.2) is 18.2 Å². The van der Waals surface area contributed by atoms with Crippen LogP contribution in [0.4, 0.5) is 0 Å². The maximum absolute atomic E-state index is 8.99. The van der Waals surface area contributed by atoms with E-state index >= 15 is 0 Å². The van der Waals surface area contributed by atoms with Crippen LogP contribution in [0.5, 0.6) is 0 Å². The van der Waals surface area contributed by atoms with Gasteiger partial charge in [0.1, 0.15) is 0 Å². The lowest BCUT2D eigenvalue weighted by Crippen LogP contribution is -1.95. The first-order chi connectivity index (χ1) is 7.69. The average Bonchev–Trinajstić information content (AvgIpc) is 2.30. The Morgan fingerprint density at radius 3 is 2.69 bits per heavy atom. The molecule has 0 fully saturated rings. The number of nitriles is 1. The van der Waals surface area contributed by atoms with Crippen molar-refractivity contribution in [2.75, 3.05) is 0 Å². The standard InChI is InChI=1S/C15H21N/c1-4-5-6-7-12(2)14-9-8-13(3)15(10-14)11-16/h8-10,12H,4-7H2,1-3H3. The Bertz CT molecular complexity index is 374. The number of aryl methyl sites for hydroxylation is 1. The number of rotatable bonds is 5. The van der Waals surface area contributed by atoms with Crippen molar-refractivity contribution in [1.29, 1.82) is 5.26 Å².